The van der Waals surface area contributed by atoms with Crippen molar-refractivity contribution in [1.82, 2.24) is 0 Å². The summed E-state index contributed by atoms with van der Waals surface area (Å²) >= 11 is 0. The van der Waals surface area contributed by atoms with Gasteiger partial charge >= 0.3 is 77.7 Å². The van der Waals surface area contributed by atoms with Crippen LogP contribution < -0.4 is 0 Å². The van der Waals surface area contributed by atoms with Crippen molar-refractivity contribution in [3.63, 3.8) is 0 Å². The summed E-state index contributed by atoms with van der Waals surface area (Å²) < 4.78 is 31.6. The van der Waals surface area contributed by atoms with Crippen molar-refractivity contribution in [3.05, 3.63) is 0 Å². The molecule has 9 heavy (non-hydrogen) atoms. The molecule has 0 saturated carbocycles. The molecule has 52 valence electrons. The Morgan fingerprint density at radius 3 is 1.11 bits per heavy atom. The molecule has 0 unspecified atom stereocenters. The molecule has 0 amide bonds. The van der Waals surface area contributed by atoms with Gasteiger partial charge in [0, 0.05) is 0 Å². The van der Waals surface area contributed by atoms with Crippen molar-refractivity contribution in [2.45, 2.75) is 0 Å². The Hall–Kier alpha value is 2.95. The van der Waals surface area contributed by atoms with Crippen molar-refractivity contribution < 1.29 is 17.5 Å². The first-order valence-electron chi connectivity index (χ1n) is 0.698. The van der Waals surface area contributed by atoms with Gasteiger partial charge in [-0.3, -0.25) is 9.11 Å². The van der Waals surface area contributed by atoms with E-state index in [4.69, 9.17) is 17.5 Å². The van der Waals surface area contributed by atoms with E-state index in [1.165, 1.54) is 0 Å². The molecule has 2 N–H and O–H groups in total. The van der Waals surface area contributed by atoms with E-state index in [0.717, 1.165) is 0 Å². The number of halogens is 1. The Morgan fingerprint density at radius 1 is 1.11 bits per heavy atom. The third-order valence-corrected chi connectivity index (χ3v) is 0. The van der Waals surface area contributed by atoms with Crippen molar-refractivity contribution in [2.75, 3.05) is 0 Å². The van der Waals surface area contributed by atoms with E-state index in [9.17, 15) is 0 Å². The van der Waals surface area contributed by atoms with Crippen LogP contribution in [0.2, 0.25) is 0 Å². The van der Waals surface area contributed by atoms with Gasteiger partial charge in [-0.1, -0.05) is 0 Å². The molecule has 0 atom stereocenters. The average Bonchev–Trinajstić information content (AvgIpc) is 0.722. The van der Waals surface area contributed by atoms with Gasteiger partial charge in [-0.05, 0) is 0 Å². The van der Waals surface area contributed by atoms with Crippen LogP contribution in [0.4, 0.5) is 0 Å². The van der Waals surface area contributed by atoms with Gasteiger partial charge in [-0.2, -0.15) is 8.42 Å². The molecule has 9 heteroatoms. The Balaban J connectivity index is -0.0000000133. The number of hydrogen-bond acceptors (Lipinski definition) is 2. The maximum absolute atomic E-state index is 8.74. The minimum absolute atomic E-state index is 0. The van der Waals surface area contributed by atoms with Crippen LogP contribution >= 0.6 is 12.4 Å². The molecule has 0 spiro atoms. The van der Waals surface area contributed by atoms with Crippen LogP contribution in [0.3, 0.4) is 0 Å². The van der Waals surface area contributed by atoms with Crippen molar-refractivity contribution in [3.8, 4) is 0 Å². The van der Waals surface area contributed by atoms with Crippen LogP contribution in [0.25, 0.3) is 0 Å². The first-order valence-corrected chi connectivity index (χ1v) is 2.10. The van der Waals surface area contributed by atoms with Crippen LogP contribution in [0.1, 0.15) is 0 Å². The van der Waals surface area contributed by atoms with Gasteiger partial charge in [0.1, 0.15) is 0 Å². The van der Waals surface area contributed by atoms with Crippen LogP contribution in [-0.2, 0) is 10.4 Å². The predicted octanol–water partition coefficient (Wildman–Crippen LogP) is -2.98. The topological polar surface area (TPSA) is 74.6 Å². The predicted molar refractivity (Wildman–Crippen MR) is 47.1 cm³/mol. The third-order valence-electron chi connectivity index (χ3n) is 0. The molecule has 0 aliphatic heterocycles. The molecule has 0 aliphatic rings. The molecule has 0 aliphatic carbocycles. The fourth-order valence-electron chi connectivity index (χ4n) is 0. The summed E-state index contributed by atoms with van der Waals surface area (Å²) in [6.45, 7) is 0. The summed E-state index contributed by atoms with van der Waals surface area (Å²) in [6, 6.07) is 0. The third kappa shape index (κ3) is 101. The summed E-state index contributed by atoms with van der Waals surface area (Å²) in [5, 5.41) is 0. The number of hydrogen-bond donors (Lipinski definition) is 2. The summed E-state index contributed by atoms with van der Waals surface area (Å²) in [5.41, 5.74) is 0. The van der Waals surface area contributed by atoms with Crippen molar-refractivity contribution >= 4 is 107 Å². The molecule has 0 aromatic heterocycles. The van der Waals surface area contributed by atoms with Gasteiger partial charge in [-0.15, -0.1) is 12.4 Å². The maximum atomic E-state index is 8.74. The standard InChI is InChI=1S/Al.Ca.ClH.Na.H2O4S.6H/c;;;;1-5(2,3)4;;;;;;/h;;1H;;(H2,1,2,3,4);;;;;;. The SMILES string of the molecule is Cl.O=S(=O)(O)O.[AlH3].[CaH2].[NaH]. The van der Waals surface area contributed by atoms with Crippen LogP contribution in [0.5, 0.6) is 0 Å². The molecular weight excluding hydrogens is 222 g/mol. The quantitative estimate of drug-likeness (QED) is 0.344. The minimum atomic E-state index is -4.67. The van der Waals surface area contributed by atoms with Crippen LogP contribution in [0, 0.1) is 0 Å². The summed E-state index contributed by atoms with van der Waals surface area (Å²) in [7, 11) is -4.67. The van der Waals surface area contributed by atoms with Gasteiger partial charge in [-0.25, -0.2) is 0 Å². The van der Waals surface area contributed by atoms with Gasteiger partial charge in [0.2, 0.25) is 0 Å². The second kappa shape index (κ2) is 13.5. The molecule has 4 nitrogen and oxygen atoms in total. The van der Waals surface area contributed by atoms with Gasteiger partial charge in [0.25, 0.3) is 0 Å². The van der Waals surface area contributed by atoms with Crippen molar-refractivity contribution in [2.24, 2.45) is 0 Å². The molecule has 0 heterocycles. The zero-order valence-corrected chi connectivity index (χ0v) is 4.16. The van der Waals surface area contributed by atoms with E-state index < -0.39 is 10.4 Å². The first kappa shape index (κ1) is 29.7. The summed E-state index contributed by atoms with van der Waals surface area (Å²) in [6.07, 6.45) is 0. The Labute approximate surface area is 123 Å². The fourth-order valence-corrected chi connectivity index (χ4v) is 0. The second-order valence-electron chi connectivity index (χ2n) is 0.448. The van der Waals surface area contributed by atoms with Gasteiger partial charge < -0.3 is 0 Å². The Kier molecular flexibility index (Phi) is 44.6. The molecule has 0 rings (SSSR count). The van der Waals surface area contributed by atoms with E-state index in [2.05, 4.69) is 0 Å². The first-order chi connectivity index (χ1) is 2.00. The van der Waals surface area contributed by atoms with Crippen LogP contribution in [0.15, 0.2) is 0 Å². The molecule has 0 saturated heterocycles. The normalized spacial score (nSPS) is 6.44. The molecule has 0 radical (unpaired) electrons. The Morgan fingerprint density at radius 2 is 1.11 bits per heavy atom. The number of rotatable bonds is 0. The van der Waals surface area contributed by atoms with Gasteiger partial charge in [0.05, 0.1) is 0 Å². The molecule has 0 bridgehead atoms. The molecule has 0 aromatic carbocycles. The molecular formula is H9AlCaClNaO4S. The molecule has 0 aromatic rings. The van der Waals surface area contributed by atoms with E-state index >= 15 is 0 Å². The second-order valence-corrected chi connectivity index (χ2v) is 1.34. The zero-order valence-electron chi connectivity index (χ0n) is 2.53. The van der Waals surface area contributed by atoms with E-state index in [0.29, 0.717) is 0 Å². The zero-order chi connectivity index (χ0) is 4.50. The monoisotopic (exact) mass is 230 g/mol. The summed E-state index contributed by atoms with van der Waals surface area (Å²) in [4.78, 5) is 0. The Bertz CT molecular complexity index is 104. The summed E-state index contributed by atoms with van der Waals surface area (Å²) in [5.74, 6) is 0. The van der Waals surface area contributed by atoms with E-state index in [1.54, 1.807) is 0 Å². The van der Waals surface area contributed by atoms with Crippen molar-refractivity contribution in [1.29, 1.82) is 0 Å². The van der Waals surface area contributed by atoms with Crippen LogP contribution in [-0.4, -0.2) is 102 Å². The molecule has 0 fully saturated rings. The fraction of sp³-hybridized carbons (Fsp3) is 0. The van der Waals surface area contributed by atoms with Gasteiger partial charge in [0.15, 0.2) is 17.4 Å². The average molecular weight is 231 g/mol. The van der Waals surface area contributed by atoms with E-state index in [-0.39, 0.29) is 97.1 Å². The van der Waals surface area contributed by atoms with E-state index in [1.807, 2.05) is 0 Å².